The molecule has 0 unspecified atom stereocenters. The molecule has 7 nitrogen and oxygen atoms in total. The van der Waals surface area contributed by atoms with Crippen LogP contribution < -0.4 is 0 Å². The maximum atomic E-state index is 13.0. The number of carbonyl (C=O) groups excluding carboxylic acids is 3. The summed E-state index contributed by atoms with van der Waals surface area (Å²) in [6.45, 7) is 2.37. The Morgan fingerprint density at radius 3 is 2.64 bits per heavy atom. The van der Waals surface area contributed by atoms with Crippen LogP contribution in [0, 0.1) is 0 Å². The van der Waals surface area contributed by atoms with Crippen molar-refractivity contribution in [3.05, 3.63) is 35.4 Å². The van der Waals surface area contributed by atoms with Crippen LogP contribution in [0.4, 0.5) is 0 Å². The highest BCUT2D eigenvalue weighted by molar-refractivity contribution is 5.97. The van der Waals surface area contributed by atoms with Crippen molar-refractivity contribution < 1.29 is 28.6 Å². The first-order valence-corrected chi connectivity index (χ1v) is 8.07. The van der Waals surface area contributed by atoms with Crippen molar-refractivity contribution in [3.63, 3.8) is 0 Å². The Morgan fingerprint density at radius 2 is 1.96 bits per heavy atom. The number of ether oxygens (including phenoxy) is 3. The first kappa shape index (κ1) is 18.9. The quantitative estimate of drug-likeness (QED) is 0.688. The van der Waals surface area contributed by atoms with Gasteiger partial charge in [0.25, 0.3) is 5.91 Å². The lowest BCUT2D eigenvalue weighted by Crippen LogP contribution is -2.54. The summed E-state index contributed by atoms with van der Waals surface area (Å²) in [5, 5.41) is 0. The number of esters is 2. The second kappa shape index (κ2) is 8.11. The highest BCUT2D eigenvalue weighted by Crippen LogP contribution is 2.29. The Kier molecular flexibility index (Phi) is 6.14. The van der Waals surface area contributed by atoms with Gasteiger partial charge in [-0.15, -0.1) is 0 Å². The Balaban J connectivity index is 2.19. The zero-order valence-electron chi connectivity index (χ0n) is 14.7. The van der Waals surface area contributed by atoms with Crippen molar-refractivity contribution in [3.8, 4) is 0 Å². The number of carbonyl (C=O) groups is 3. The Bertz CT molecular complexity index is 659. The number of cyclic esters (lactones) is 1. The molecule has 1 aliphatic heterocycles. The van der Waals surface area contributed by atoms with Gasteiger partial charge in [0.1, 0.15) is 0 Å². The van der Waals surface area contributed by atoms with Crippen molar-refractivity contribution in [1.29, 1.82) is 0 Å². The van der Waals surface area contributed by atoms with Gasteiger partial charge in [-0.25, -0.2) is 4.79 Å². The number of hydrogen-bond acceptors (Lipinski definition) is 6. The van der Waals surface area contributed by atoms with E-state index in [2.05, 4.69) is 4.74 Å². The molecular formula is C18H23NO6. The van der Waals surface area contributed by atoms with Gasteiger partial charge >= 0.3 is 11.9 Å². The van der Waals surface area contributed by atoms with Gasteiger partial charge in [0.05, 0.1) is 25.7 Å². The largest absolute Gasteiger partial charge is 0.469 e. The molecule has 136 valence electrons. The van der Waals surface area contributed by atoms with Gasteiger partial charge in [0, 0.05) is 26.6 Å². The van der Waals surface area contributed by atoms with Gasteiger partial charge in [0.2, 0.25) is 0 Å². The van der Waals surface area contributed by atoms with Crippen molar-refractivity contribution in [2.75, 3.05) is 33.9 Å². The fourth-order valence-corrected chi connectivity index (χ4v) is 2.83. The first-order valence-electron chi connectivity index (χ1n) is 8.07. The van der Waals surface area contributed by atoms with Gasteiger partial charge in [-0.2, -0.15) is 0 Å². The van der Waals surface area contributed by atoms with Crippen LogP contribution in [-0.4, -0.2) is 62.3 Å². The fraction of sp³-hybridized carbons (Fsp3) is 0.500. The molecule has 1 aromatic carbocycles. The molecule has 0 saturated heterocycles. The molecule has 0 aromatic heterocycles. The molecular weight excluding hydrogens is 326 g/mol. The summed E-state index contributed by atoms with van der Waals surface area (Å²) in [7, 11) is 2.83. The van der Waals surface area contributed by atoms with Crippen LogP contribution in [-0.2, 0) is 30.2 Å². The van der Waals surface area contributed by atoms with E-state index in [-0.39, 0.29) is 25.3 Å². The van der Waals surface area contributed by atoms with E-state index in [1.165, 1.54) is 19.1 Å². The summed E-state index contributed by atoms with van der Waals surface area (Å²) in [6.07, 6.45) is 0.349. The molecule has 1 atom stereocenters. The van der Waals surface area contributed by atoms with Crippen LogP contribution in [0.2, 0.25) is 0 Å². The van der Waals surface area contributed by atoms with E-state index in [1.807, 2.05) is 12.1 Å². The zero-order chi connectivity index (χ0) is 18.4. The van der Waals surface area contributed by atoms with E-state index < -0.39 is 17.5 Å². The zero-order valence-corrected chi connectivity index (χ0v) is 14.7. The Labute approximate surface area is 146 Å². The van der Waals surface area contributed by atoms with Crippen LogP contribution in [0.3, 0.4) is 0 Å². The SMILES string of the molecule is COCCN(CCC(=O)OC)C(=O)[C@@]1(C)Cc2ccccc2C(=O)O1. The molecule has 0 radical (unpaired) electrons. The second-order valence-electron chi connectivity index (χ2n) is 6.07. The van der Waals surface area contributed by atoms with Gasteiger partial charge in [-0.05, 0) is 18.6 Å². The molecule has 1 aromatic rings. The number of amides is 1. The summed E-state index contributed by atoms with van der Waals surface area (Å²) in [4.78, 5) is 38.2. The van der Waals surface area contributed by atoms with Crippen molar-refractivity contribution in [2.24, 2.45) is 0 Å². The average Bonchev–Trinajstić information content (AvgIpc) is 2.61. The van der Waals surface area contributed by atoms with Gasteiger partial charge < -0.3 is 19.1 Å². The molecule has 0 bridgehead atoms. The predicted molar refractivity (Wildman–Crippen MR) is 89.1 cm³/mol. The van der Waals surface area contributed by atoms with Crippen molar-refractivity contribution in [2.45, 2.75) is 25.4 Å². The van der Waals surface area contributed by atoms with E-state index in [0.29, 0.717) is 18.7 Å². The van der Waals surface area contributed by atoms with Crippen LogP contribution in [0.1, 0.15) is 29.3 Å². The third kappa shape index (κ3) is 4.36. The lowest BCUT2D eigenvalue weighted by atomic mass is 9.89. The molecule has 0 fully saturated rings. The monoisotopic (exact) mass is 349 g/mol. The number of fused-ring (bicyclic) bond motifs is 1. The molecule has 0 spiro atoms. The van der Waals surface area contributed by atoms with Crippen molar-refractivity contribution in [1.82, 2.24) is 4.90 Å². The van der Waals surface area contributed by atoms with Crippen LogP contribution in [0.5, 0.6) is 0 Å². The smallest absolute Gasteiger partial charge is 0.339 e. The third-order valence-electron chi connectivity index (χ3n) is 4.20. The Morgan fingerprint density at radius 1 is 1.24 bits per heavy atom. The minimum absolute atomic E-state index is 0.0621. The standard InChI is InChI=1S/C18H23NO6/c1-18(12-13-6-4-5-7-14(13)16(21)25-18)17(22)19(10-11-23-2)9-8-15(20)24-3/h4-7H,8-12H2,1-3H3/t18-/m1/s1. The molecule has 1 amide bonds. The summed E-state index contributed by atoms with van der Waals surface area (Å²) in [6, 6.07) is 7.07. The predicted octanol–water partition coefficient (Wildman–Crippen LogP) is 1.20. The van der Waals surface area contributed by atoms with E-state index >= 15 is 0 Å². The summed E-state index contributed by atoms with van der Waals surface area (Å²) in [5.74, 6) is -1.28. The van der Waals surface area contributed by atoms with Crippen LogP contribution in [0.15, 0.2) is 24.3 Å². The number of hydrogen-bond donors (Lipinski definition) is 0. The molecule has 7 heteroatoms. The third-order valence-corrected chi connectivity index (χ3v) is 4.20. The van der Waals surface area contributed by atoms with E-state index in [0.717, 1.165) is 5.56 Å². The minimum Gasteiger partial charge on any atom is -0.469 e. The van der Waals surface area contributed by atoms with E-state index in [4.69, 9.17) is 9.47 Å². The molecule has 25 heavy (non-hydrogen) atoms. The molecule has 2 rings (SSSR count). The molecule has 0 aliphatic carbocycles. The molecule has 1 aliphatic rings. The maximum Gasteiger partial charge on any atom is 0.339 e. The highest BCUT2D eigenvalue weighted by atomic mass is 16.6. The van der Waals surface area contributed by atoms with Gasteiger partial charge in [0.15, 0.2) is 5.60 Å². The second-order valence-corrected chi connectivity index (χ2v) is 6.07. The highest BCUT2D eigenvalue weighted by Gasteiger charge is 2.44. The molecule has 0 N–H and O–H groups in total. The number of nitrogens with zero attached hydrogens (tertiary/aromatic N) is 1. The maximum absolute atomic E-state index is 13.0. The molecule has 1 heterocycles. The van der Waals surface area contributed by atoms with Gasteiger partial charge in [-0.3, -0.25) is 9.59 Å². The average molecular weight is 349 g/mol. The van der Waals surface area contributed by atoms with Crippen LogP contribution >= 0.6 is 0 Å². The van der Waals surface area contributed by atoms with Crippen LogP contribution in [0.25, 0.3) is 0 Å². The van der Waals surface area contributed by atoms with E-state index in [1.54, 1.807) is 19.1 Å². The van der Waals surface area contributed by atoms with E-state index in [9.17, 15) is 14.4 Å². The first-order chi connectivity index (χ1) is 11.9. The lowest BCUT2D eigenvalue weighted by molar-refractivity contribution is -0.153. The summed E-state index contributed by atoms with van der Waals surface area (Å²) >= 11 is 0. The molecule has 0 saturated carbocycles. The Hall–Kier alpha value is -2.41. The topological polar surface area (TPSA) is 82.1 Å². The fourth-order valence-electron chi connectivity index (χ4n) is 2.83. The van der Waals surface area contributed by atoms with Gasteiger partial charge in [-0.1, -0.05) is 18.2 Å². The minimum atomic E-state index is -1.31. The summed E-state index contributed by atoms with van der Waals surface area (Å²) in [5.41, 5.74) is -0.0602. The normalized spacial score (nSPS) is 18.9. The number of benzene rings is 1. The number of methoxy groups -OCH3 is 2. The lowest BCUT2D eigenvalue weighted by Gasteiger charge is -2.37. The summed E-state index contributed by atoms with van der Waals surface area (Å²) < 4.78 is 15.1. The number of rotatable bonds is 7. The van der Waals surface area contributed by atoms with Crippen molar-refractivity contribution >= 4 is 17.8 Å².